The molecule has 0 fully saturated rings. The first kappa shape index (κ1) is 26.0. The van der Waals surface area contributed by atoms with Gasteiger partial charge in [-0.3, -0.25) is 0 Å². The van der Waals surface area contributed by atoms with Crippen LogP contribution in [0, 0.1) is 0 Å². The van der Waals surface area contributed by atoms with Crippen LogP contribution in [0.15, 0.2) is 176 Å². The van der Waals surface area contributed by atoms with E-state index in [1.54, 1.807) is 0 Å². The fourth-order valence-electron chi connectivity index (χ4n) is 7.91. The zero-order valence-electron chi connectivity index (χ0n) is 24.9. The second-order valence-corrected chi connectivity index (χ2v) is 15.8. The highest BCUT2D eigenvalue weighted by atomic mass is 28.3. The summed E-state index contributed by atoms with van der Waals surface area (Å²) in [6.45, 7) is 0. The smallest absolute Gasteiger partial charge is 0.179 e. The van der Waals surface area contributed by atoms with Crippen molar-refractivity contribution in [2.45, 2.75) is 6.42 Å². The molecule has 45 heavy (non-hydrogen) atoms. The van der Waals surface area contributed by atoms with Crippen LogP contribution in [-0.2, 0) is 6.42 Å². The van der Waals surface area contributed by atoms with E-state index in [1.807, 2.05) is 0 Å². The molecule has 1 heterocycles. The average molecular weight is 590 g/mol. The van der Waals surface area contributed by atoms with Crippen LogP contribution >= 0.6 is 0 Å². The Balaban J connectivity index is 1.30. The van der Waals surface area contributed by atoms with Crippen molar-refractivity contribution in [3.8, 4) is 16.8 Å². The number of rotatable bonds is 5. The first-order valence-electron chi connectivity index (χ1n) is 15.7. The summed E-state index contributed by atoms with van der Waals surface area (Å²) < 4.78 is 2.43. The van der Waals surface area contributed by atoms with Crippen LogP contribution in [0.4, 0.5) is 0 Å². The Morgan fingerprint density at radius 2 is 0.933 bits per heavy atom. The molecule has 7 aromatic carbocycles. The van der Waals surface area contributed by atoms with Gasteiger partial charge in [0.15, 0.2) is 8.07 Å². The van der Waals surface area contributed by atoms with Gasteiger partial charge in [0, 0.05) is 16.5 Å². The Morgan fingerprint density at radius 1 is 0.422 bits per heavy atom. The maximum atomic E-state index is 2.43. The standard InChI is InChI=1S/C43H31NSi/c1-4-15-33(16-5-1)45(34-17-6-2-7-18-34,35-19-8-3-9-20-35)43-26-14-23-36-39-30-32(28-27-31(39)29-40(36)43)44-41-24-12-10-21-37(41)38-22-11-13-25-42(38)44/h1-28,30H,29H2. The molecule has 0 bridgehead atoms. The summed E-state index contributed by atoms with van der Waals surface area (Å²) in [5.41, 5.74) is 9.29. The highest BCUT2D eigenvalue weighted by Gasteiger charge is 2.44. The van der Waals surface area contributed by atoms with Crippen molar-refractivity contribution >= 4 is 50.6 Å². The molecule has 9 rings (SSSR count). The normalized spacial score (nSPS) is 12.4. The van der Waals surface area contributed by atoms with E-state index in [2.05, 4.69) is 180 Å². The quantitative estimate of drug-likeness (QED) is 0.143. The minimum Gasteiger partial charge on any atom is -0.309 e. The van der Waals surface area contributed by atoms with Crippen LogP contribution < -0.4 is 20.7 Å². The van der Waals surface area contributed by atoms with E-state index in [1.165, 1.54) is 70.5 Å². The van der Waals surface area contributed by atoms with Crippen LogP contribution in [-0.4, -0.2) is 12.6 Å². The second kappa shape index (κ2) is 10.3. The van der Waals surface area contributed by atoms with E-state index in [4.69, 9.17) is 0 Å². The third kappa shape index (κ3) is 3.86. The van der Waals surface area contributed by atoms with Gasteiger partial charge in [-0.05, 0) is 73.7 Å². The Bertz CT molecular complexity index is 2190. The van der Waals surface area contributed by atoms with E-state index in [0.29, 0.717) is 0 Å². The van der Waals surface area contributed by atoms with E-state index in [9.17, 15) is 0 Å². The molecule has 212 valence electrons. The first-order chi connectivity index (χ1) is 22.3. The molecule has 0 aliphatic heterocycles. The zero-order valence-corrected chi connectivity index (χ0v) is 25.9. The molecule has 0 N–H and O–H groups in total. The topological polar surface area (TPSA) is 4.93 Å². The lowest BCUT2D eigenvalue weighted by Crippen LogP contribution is -2.75. The largest absolute Gasteiger partial charge is 0.309 e. The molecule has 0 unspecified atom stereocenters. The molecule has 0 radical (unpaired) electrons. The lowest BCUT2D eigenvalue weighted by molar-refractivity contribution is 1.17. The summed E-state index contributed by atoms with van der Waals surface area (Å²) in [6.07, 6.45) is 0.940. The molecule has 0 saturated carbocycles. The first-order valence-corrected chi connectivity index (χ1v) is 17.7. The lowest BCUT2D eigenvalue weighted by Gasteiger charge is -2.36. The molecular formula is C43H31NSi. The van der Waals surface area contributed by atoms with Gasteiger partial charge in [-0.15, -0.1) is 0 Å². The summed E-state index contributed by atoms with van der Waals surface area (Å²) >= 11 is 0. The summed E-state index contributed by atoms with van der Waals surface area (Å²) in [5, 5.41) is 8.31. The maximum absolute atomic E-state index is 2.64. The van der Waals surface area contributed by atoms with E-state index >= 15 is 0 Å². The van der Waals surface area contributed by atoms with E-state index < -0.39 is 8.07 Å². The minimum atomic E-state index is -2.64. The number of fused-ring (bicyclic) bond motifs is 6. The third-order valence-corrected chi connectivity index (χ3v) is 14.7. The highest BCUT2D eigenvalue weighted by molar-refractivity contribution is 7.20. The fourth-order valence-corrected chi connectivity index (χ4v) is 12.9. The third-order valence-electron chi connectivity index (χ3n) is 9.79. The molecular weight excluding hydrogens is 559 g/mol. The summed E-state index contributed by atoms with van der Waals surface area (Å²) in [6, 6.07) is 65.5. The Labute approximate surface area is 264 Å². The van der Waals surface area contributed by atoms with Crippen LogP contribution in [0.3, 0.4) is 0 Å². The molecule has 0 saturated heterocycles. The van der Waals surface area contributed by atoms with Crippen molar-refractivity contribution in [1.82, 2.24) is 4.57 Å². The van der Waals surface area contributed by atoms with Crippen molar-refractivity contribution in [3.05, 3.63) is 187 Å². The van der Waals surface area contributed by atoms with Crippen LogP contribution in [0.25, 0.3) is 38.6 Å². The number of hydrogen-bond acceptors (Lipinski definition) is 0. The van der Waals surface area contributed by atoms with Gasteiger partial charge in [0.1, 0.15) is 0 Å². The molecule has 2 heteroatoms. The van der Waals surface area contributed by atoms with Gasteiger partial charge in [-0.1, -0.05) is 152 Å². The Hall–Kier alpha value is -5.44. The molecule has 1 aliphatic rings. The summed E-state index contributed by atoms with van der Waals surface area (Å²) in [4.78, 5) is 0. The number of benzene rings is 7. The van der Waals surface area contributed by atoms with Crippen LogP contribution in [0.2, 0.25) is 0 Å². The minimum absolute atomic E-state index is 0.940. The van der Waals surface area contributed by atoms with Crippen molar-refractivity contribution in [3.63, 3.8) is 0 Å². The van der Waals surface area contributed by atoms with Gasteiger partial charge >= 0.3 is 0 Å². The zero-order chi connectivity index (χ0) is 29.8. The average Bonchev–Trinajstić information content (AvgIpc) is 3.66. The van der Waals surface area contributed by atoms with Crippen molar-refractivity contribution in [2.75, 3.05) is 0 Å². The molecule has 1 nitrogen and oxygen atoms in total. The molecule has 0 atom stereocenters. The molecule has 1 aliphatic carbocycles. The van der Waals surface area contributed by atoms with Crippen molar-refractivity contribution in [2.24, 2.45) is 0 Å². The van der Waals surface area contributed by atoms with Gasteiger partial charge in [-0.2, -0.15) is 0 Å². The lowest BCUT2D eigenvalue weighted by atomic mass is 10.1. The predicted octanol–water partition coefficient (Wildman–Crippen LogP) is 7.73. The van der Waals surface area contributed by atoms with Crippen molar-refractivity contribution in [1.29, 1.82) is 0 Å². The van der Waals surface area contributed by atoms with Gasteiger partial charge in [-0.25, -0.2) is 0 Å². The summed E-state index contributed by atoms with van der Waals surface area (Å²) in [5.74, 6) is 0. The fraction of sp³-hybridized carbons (Fsp3) is 0.0233. The number of nitrogens with zero attached hydrogens (tertiary/aromatic N) is 1. The van der Waals surface area contributed by atoms with Crippen LogP contribution in [0.1, 0.15) is 11.1 Å². The molecule has 1 aromatic heterocycles. The van der Waals surface area contributed by atoms with E-state index in [0.717, 1.165) is 6.42 Å². The SMILES string of the molecule is c1ccc([Si](c2ccccc2)(c2ccccc2)c2cccc3c2Cc2ccc(-n4c5ccccc5c5ccccc54)cc2-3)cc1. The van der Waals surface area contributed by atoms with Gasteiger partial charge in [0.25, 0.3) is 0 Å². The monoisotopic (exact) mass is 589 g/mol. The Kier molecular flexibility index (Phi) is 5.97. The maximum Gasteiger partial charge on any atom is 0.179 e. The van der Waals surface area contributed by atoms with Gasteiger partial charge in [0.2, 0.25) is 0 Å². The second-order valence-electron chi connectivity index (χ2n) is 12.1. The highest BCUT2D eigenvalue weighted by Crippen LogP contribution is 2.39. The Morgan fingerprint density at radius 3 is 1.49 bits per heavy atom. The number of para-hydroxylation sites is 2. The van der Waals surface area contributed by atoms with Gasteiger partial charge in [0.05, 0.1) is 11.0 Å². The molecule has 0 spiro atoms. The molecule has 8 aromatic rings. The van der Waals surface area contributed by atoms with Crippen LogP contribution in [0.5, 0.6) is 0 Å². The summed E-state index contributed by atoms with van der Waals surface area (Å²) in [7, 11) is -2.64. The number of aromatic nitrogens is 1. The predicted molar refractivity (Wildman–Crippen MR) is 193 cm³/mol. The van der Waals surface area contributed by atoms with E-state index in [-0.39, 0.29) is 0 Å². The van der Waals surface area contributed by atoms with Gasteiger partial charge < -0.3 is 4.57 Å². The van der Waals surface area contributed by atoms with Crippen molar-refractivity contribution < 1.29 is 0 Å². The molecule has 0 amide bonds. The number of hydrogen-bond donors (Lipinski definition) is 0.